The van der Waals surface area contributed by atoms with Crippen molar-refractivity contribution < 1.29 is 14.9 Å². The van der Waals surface area contributed by atoms with Crippen molar-refractivity contribution in [3.8, 4) is 17.2 Å². The number of aromatic hydroxyl groups is 2. The summed E-state index contributed by atoms with van der Waals surface area (Å²) in [5, 5.41) is 30.1. The van der Waals surface area contributed by atoms with E-state index in [1.165, 1.54) is 18.2 Å². The Balaban J connectivity index is 2.22. The highest BCUT2D eigenvalue weighted by Crippen LogP contribution is 2.34. The number of phenols is 2. The number of phenolic OH excluding ortho intramolecular Hbond substituents is 2. The first kappa shape index (κ1) is 15.8. The van der Waals surface area contributed by atoms with Crippen molar-refractivity contribution in [1.29, 1.82) is 0 Å². The number of methoxy groups -OCH3 is 1. The van der Waals surface area contributed by atoms with E-state index in [1.807, 2.05) is 25.2 Å². The normalized spacial score (nSPS) is 11.0. The Morgan fingerprint density at radius 1 is 1.05 bits per heavy atom. The Hall–Kier alpha value is -2.60. The molecule has 6 nitrogen and oxygen atoms in total. The van der Waals surface area contributed by atoms with Crippen LogP contribution in [0.2, 0.25) is 0 Å². The molecule has 0 unspecified atom stereocenters. The summed E-state index contributed by atoms with van der Waals surface area (Å²) in [5.74, 6) is 0.465. The van der Waals surface area contributed by atoms with Crippen LogP contribution >= 0.6 is 0 Å². The summed E-state index contributed by atoms with van der Waals surface area (Å²) in [6, 6.07) is 9.85. The van der Waals surface area contributed by atoms with Crippen LogP contribution in [-0.4, -0.2) is 30.9 Å². The topological polar surface area (TPSA) is 86.4 Å². The second-order valence-electron chi connectivity index (χ2n) is 4.73. The fourth-order valence-electron chi connectivity index (χ4n) is 1.93. The molecule has 116 valence electrons. The highest BCUT2D eigenvalue weighted by molar-refractivity contribution is 5.56. The molecule has 0 heterocycles. The van der Waals surface area contributed by atoms with Crippen molar-refractivity contribution in [2.24, 2.45) is 10.2 Å². The van der Waals surface area contributed by atoms with Gasteiger partial charge in [-0.25, -0.2) is 0 Å². The number of likely N-dealkylation sites (N-methyl/N-ethyl adjacent to an activating group) is 1. The molecule has 0 spiro atoms. The smallest absolute Gasteiger partial charge is 0.146 e. The van der Waals surface area contributed by atoms with Gasteiger partial charge in [0.25, 0.3) is 0 Å². The van der Waals surface area contributed by atoms with Crippen LogP contribution in [0.5, 0.6) is 17.2 Å². The lowest BCUT2D eigenvalue weighted by Gasteiger charge is -2.07. The third-order valence-electron chi connectivity index (χ3n) is 3.13. The zero-order valence-corrected chi connectivity index (χ0v) is 12.6. The minimum Gasteiger partial charge on any atom is -0.508 e. The largest absolute Gasteiger partial charge is 0.508 e. The number of azo groups is 1. The Bertz CT molecular complexity index is 672. The molecule has 0 fully saturated rings. The molecule has 0 atom stereocenters. The van der Waals surface area contributed by atoms with Crippen LogP contribution in [0.15, 0.2) is 46.6 Å². The molecule has 0 aromatic heterocycles. The van der Waals surface area contributed by atoms with Gasteiger partial charge in [0, 0.05) is 6.07 Å². The Morgan fingerprint density at radius 3 is 2.45 bits per heavy atom. The van der Waals surface area contributed by atoms with Crippen LogP contribution < -0.4 is 10.1 Å². The molecule has 0 aliphatic rings. The lowest BCUT2D eigenvalue weighted by Crippen LogP contribution is -2.10. The van der Waals surface area contributed by atoms with Crippen molar-refractivity contribution in [3.05, 3.63) is 42.0 Å². The van der Waals surface area contributed by atoms with Crippen molar-refractivity contribution in [3.63, 3.8) is 0 Å². The van der Waals surface area contributed by atoms with Gasteiger partial charge in [0.05, 0.1) is 7.11 Å². The molecule has 0 bridgehead atoms. The van der Waals surface area contributed by atoms with E-state index in [2.05, 4.69) is 15.5 Å². The van der Waals surface area contributed by atoms with E-state index >= 15 is 0 Å². The molecular weight excluding hydrogens is 282 g/mol. The fourth-order valence-corrected chi connectivity index (χ4v) is 1.93. The number of nitrogens with one attached hydrogen (secondary N) is 1. The summed E-state index contributed by atoms with van der Waals surface area (Å²) in [4.78, 5) is 0. The van der Waals surface area contributed by atoms with Gasteiger partial charge in [-0.3, -0.25) is 0 Å². The van der Waals surface area contributed by atoms with Crippen molar-refractivity contribution in [2.75, 3.05) is 20.7 Å². The number of ether oxygens (including phenoxy) is 1. The van der Waals surface area contributed by atoms with Crippen molar-refractivity contribution >= 4 is 11.4 Å². The van der Waals surface area contributed by atoms with E-state index in [0.29, 0.717) is 11.4 Å². The molecule has 0 saturated carbocycles. The quantitative estimate of drug-likeness (QED) is 0.715. The minimum absolute atomic E-state index is 0.0251. The summed E-state index contributed by atoms with van der Waals surface area (Å²) in [6.45, 7) is 0.880. The molecule has 3 N–H and O–H groups in total. The highest BCUT2D eigenvalue weighted by Gasteiger charge is 2.05. The number of hydrogen-bond acceptors (Lipinski definition) is 6. The molecule has 2 rings (SSSR count). The molecule has 2 aromatic carbocycles. The first-order chi connectivity index (χ1) is 10.6. The van der Waals surface area contributed by atoms with Gasteiger partial charge in [-0.05, 0) is 49.8 Å². The zero-order valence-electron chi connectivity index (χ0n) is 12.6. The van der Waals surface area contributed by atoms with E-state index in [-0.39, 0.29) is 17.2 Å². The average molecular weight is 301 g/mol. The first-order valence-electron chi connectivity index (χ1n) is 6.89. The standard InChI is InChI=1S/C16H19N3O3/c1-17-8-7-11-3-5-14(16(9-11)22-2)19-18-13-6-4-12(20)10-15(13)21/h3-6,9-10,17,20-21H,7-8H2,1-2H3. The second-order valence-corrected chi connectivity index (χ2v) is 4.73. The average Bonchev–Trinajstić information content (AvgIpc) is 2.52. The van der Waals surface area contributed by atoms with Crippen LogP contribution in [0.25, 0.3) is 0 Å². The van der Waals surface area contributed by atoms with Gasteiger partial charge in [0.15, 0.2) is 0 Å². The van der Waals surface area contributed by atoms with Gasteiger partial charge in [-0.15, -0.1) is 10.2 Å². The third-order valence-corrected chi connectivity index (χ3v) is 3.13. The SMILES string of the molecule is CNCCc1ccc(N=Nc2ccc(O)cc2O)c(OC)c1. The Morgan fingerprint density at radius 2 is 1.77 bits per heavy atom. The highest BCUT2D eigenvalue weighted by atomic mass is 16.5. The molecule has 0 radical (unpaired) electrons. The molecule has 6 heteroatoms. The van der Waals surface area contributed by atoms with Gasteiger partial charge >= 0.3 is 0 Å². The molecule has 0 amide bonds. The van der Waals surface area contributed by atoms with Crippen LogP contribution in [0.1, 0.15) is 5.56 Å². The lowest BCUT2D eigenvalue weighted by molar-refractivity contribution is 0.415. The fraction of sp³-hybridized carbons (Fsp3) is 0.250. The van der Waals surface area contributed by atoms with E-state index < -0.39 is 0 Å². The predicted octanol–water partition coefficient (Wildman–Crippen LogP) is 3.28. The van der Waals surface area contributed by atoms with Crippen LogP contribution in [0.4, 0.5) is 11.4 Å². The molecule has 2 aromatic rings. The van der Waals surface area contributed by atoms with E-state index in [1.54, 1.807) is 7.11 Å². The number of nitrogens with zero attached hydrogens (tertiary/aromatic N) is 2. The molecule has 0 aliphatic heterocycles. The minimum atomic E-state index is -0.131. The molecular formula is C16H19N3O3. The van der Waals surface area contributed by atoms with E-state index in [0.717, 1.165) is 18.5 Å². The van der Waals surface area contributed by atoms with Crippen LogP contribution in [0.3, 0.4) is 0 Å². The van der Waals surface area contributed by atoms with Crippen LogP contribution in [-0.2, 0) is 6.42 Å². The van der Waals surface area contributed by atoms with E-state index in [4.69, 9.17) is 4.74 Å². The Kier molecular flexibility index (Phi) is 5.32. The Labute approximate surface area is 129 Å². The predicted molar refractivity (Wildman–Crippen MR) is 84.6 cm³/mol. The van der Waals surface area contributed by atoms with Crippen LogP contribution in [0, 0.1) is 0 Å². The van der Waals surface area contributed by atoms with Crippen molar-refractivity contribution in [1.82, 2.24) is 5.32 Å². The van der Waals surface area contributed by atoms with Gasteiger partial charge in [0.1, 0.15) is 28.6 Å². The zero-order chi connectivity index (χ0) is 15.9. The second kappa shape index (κ2) is 7.42. The summed E-state index contributed by atoms with van der Waals surface area (Å²) >= 11 is 0. The monoisotopic (exact) mass is 301 g/mol. The third kappa shape index (κ3) is 3.95. The molecule has 0 aliphatic carbocycles. The van der Waals surface area contributed by atoms with Gasteiger partial charge < -0.3 is 20.3 Å². The maximum atomic E-state index is 9.69. The molecule has 22 heavy (non-hydrogen) atoms. The first-order valence-corrected chi connectivity index (χ1v) is 6.89. The summed E-state index contributed by atoms with van der Waals surface area (Å²) < 4.78 is 5.33. The number of benzene rings is 2. The maximum absolute atomic E-state index is 9.69. The van der Waals surface area contributed by atoms with Gasteiger partial charge in [-0.2, -0.15) is 0 Å². The van der Waals surface area contributed by atoms with Gasteiger partial charge in [0.2, 0.25) is 0 Å². The van der Waals surface area contributed by atoms with E-state index in [9.17, 15) is 10.2 Å². The maximum Gasteiger partial charge on any atom is 0.146 e. The summed E-state index contributed by atoms with van der Waals surface area (Å²) in [5.41, 5.74) is 1.99. The van der Waals surface area contributed by atoms with Crippen molar-refractivity contribution in [2.45, 2.75) is 6.42 Å². The summed E-state index contributed by atoms with van der Waals surface area (Å²) in [7, 11) is 3.48. The van der Waals surface area contributed by atoms with Gasteiger partial charge in [-0.1, -0.05) is 6.07 Å². The summed E-state index contributed by atoms with van der Waals surface area (Å²) in [6.07, 6.45) is 0.892. The number of rotatable bonds is 6. The number of hydrogen-bond donors (Lipinski definition) is 3. The molecule has 0 saturated heterocycles. The lowest BCUT2D eigenvalue weighted by atomic mass is 10.1.